The molecule has 38 heavy (non-hydrogen) atoms. The van der Waals surface area contributed by atoms with Gasteiger partial charge in [-0.05, 0) is 73.6 Å². The summed E-state index contributed by atoms with van der Waals surface area (Å²) < 4.78 is 86.9. The molecule has 1 amide bonds. The minimum absolute atomic E-state index is 0.0448. The van der Waals surface area contributed by atoms with Gasteiger partial charge in [0.25, 0.3) is 11.8 Å². The van der Waals surface area contributed by atoms with Crippen LogP contribution in [-0.2, 0) is 15.9 Å². The molecule has 8 nitrogen and oxygen atoms in total. The molecule has 13 heteroatoms. The van der Waals surface area contributed by atoms with Crippen LogP contribution < -0.4 is 14.8 Å². The van der Waals surface area contributed by atoms with E-state index < -0.39 is 50.3 Å². The van der Waals surface area contributed by atoms with Crippen LogP contribution >= 0.6 is 0 Å². The Hall–Kier alpha value is -3.74. The zero-order chi connectivity index (χ0) is 28.0. The maximum atomic E-state index is 15.2. The van der Waals surface area contributed by atoms with Gasteiger partial charge in [0, 0.05) is 16.8 Å². The molecule has 3 aromatic rings. The van der Waals surface area contributed by atoms with Crippen molar-refractivity contribution in [1.29, 1.82) is 4.78 Å². The third kappa shape index (κ3) is 5.42. The summed E-state index contributed by atoms with van der Waals surface area (Å²) in [6, 6.07) is 7.14. The fourth-order valence-electron chi connectivity index (χ4n) is 3.99. The number of nitrogens with one attached hydrogen (secondary N) is 2. The summed E-state index contributed by atoms with van der Waals surface area (Å²) in [4.78, 5) is 13.4. The molecule has 1 saturated carbocycles. The summed E-state index contributed by atoms with van der Waals surface area (Å²) in [5, 5.41) is 9.19. The lowest BCUT2D eigenvalue weighted by Gasteiger charge is -2.19. The van der Waals surface area contributed by atoms with E-state index in [-0.39, 0.29) is 28.0 Å². The van der Waals surface area contributed by atoms with Crippen molar-refractivity contribution < 1.29 is 36.0 Å². The van der Waals surface area contributed by atoms with Crippen LogP contribution in [0.15, 0.2) is 35.2 Å². The number of hydrogen-bond donors (Lipinski definition) is 2. The molecule has 1 unspecified atom stereocenters. The summed E-state index contributed by atoms with van der Waals surface area (Å²) in [5.41, 5.74) is -1.60. The molecule has 1 fully saturated rings. The smallest absolute Gasteiger partial charge is 0.435 e. The highest BCUT2D eigenvalue weighted by molar-refractivity contribution is 7.91. The van der Waals surface area contributed by atoms with Crippen LogP contribution in [0.4, 0.5) is 23.2 Å². The van der Waals surface area contributed by atoms with Crippen molar-refractivity contribution in [3.8, 4) is 17.4 Å². The Morgan fingerprint density at radius 2 is 1.84 bits per heavy atom. The third-order valence-corrected chi connectivity index (χ3v) is 7.18. The highest BCUT2D eigenvalue weighted by Crippen LogP contribution is 2.48. The van der Waals surface area contributed by atoms with Gasteiger partial charge in [0.15, 0.2) is 23.0 Å². The lowest BCUT2D eigenvalue weighted by molar-refractivity contribution is -0.142. The molecule has 2 aromatic carbocycles. The third-order valence-electron chi connectivity index (χ3n) is 6.03. The van der Waals surface area contributed by atoms with E-state index in [1.165, 1.54) is 37.6 Å². The summed E-state index contributed by atoms with van der Waals surface area (Å²) >= 11 is 0. The molecule has 0 radical (unpaired) electrons. The van der Waals surface area contributed by atoms with Gasteiger partial charge in [-0.1, -0.05) is 6.07 Å². The number of halogens is 4. The van der Waals surface area contributed by atoms with Crippen LogP contribution in [-0.4, -0.2) is 33.7 Å². The number of methoxy groups -OCH3 is 1. The molecular weight excluding hydrogens is 528 g/mol. The highest BCUT2D eigenvalue weighted by atomic mass is 32.2. The number of carbonyl (C=O) groups excluding carboxylic acids is 1. The Morgan fingerprint density at radius 1 is 1.16 bits per heavy atom. The standard InChI is InChI=1S/C25H24F4N4O4S/c1-12-10-17(14-8-9-14)19(26)21(36-3)20(12)37-24-18(13(2)22(32-33-24)25(27,28)29)23(34)31-15-6-5-7-16(11-15)38(4,30)35/h5-7,10-11,14,30H,8-9H2,1-4H3,(H,31,34). The van der Waals surface area contributed by atoms with Crippen molar-refractivity contribution in [2.24, 2.45) is 0 Å². The van der Waals surface area contributed by atoms with Crippen LogP contribution in [0.1, 0.15) is 51.5 Å². The second-order valence-electron chi connectivity index (χ2n) is 9.01. The van der Waals surface area contributed by atoms with Crippen LogP contribution in [0, 0.1) is 24.4 Å². The first-order valence-electron chi connectivity index (χ1n) is 11.4. The second-order valence-corrected chi connectivity index (χ2v) is 11.2. The molecule has 0 aliphatic heterocycles. The number of hydrogen-bond acceptors (Lipinski definition) is 7. The quantitative estimate of drug-likeness (QED) is 0.337. The molecule has 1 atom stereocenters. The SMILES string of the molecule is COc1c(F)c(C2CC2)cc(C)c1Oc1nnc(C(F)(F)F)c(C)c1C(=O)Nc1cccc(S(C)(=N)=O)c1. The predicted octanol–water partition coefficient (Wildman–Crippen LogP) is 6.22. The molecule has 1 heterocycles. The van der Waals surface area contributed by atoms with Crippen molar-refractivity contribution in [2.45, 2.75) is 43.7 Å². The molecule has 0 spiro atoms. The second kappa shape index (κ2) is 9.86. The fourth-order valence-corrected chi connectivity index (χ4v) is 4.68. The minimum Gasteiger partial charge on any atom is -0.490 e. The van der Waals surface area contributed by atoms with E-state index in [0.29, 0.717) is 11.1 Å². The molecule has 1 aliphatic carbocycles. The first kappa shape index (κ1) is 27.3. The molecule has 4 rings (SSSR count). The average molecular weight is 553 g/mol. The average Bonchev–Trinajstić information content (AvgIpc) is 3.65. The number of aryl methyl sites for hydroxylation is 1. The largest absolute Gasteiger partial charge is 0.490 e. The normalized spacial score (nSPS) is 15.1. The van der Waals surface area contributed by atoms with Crippen LogP contribution in [0.5, 0.6) is 17.4 Å². The summed E-state index contributed by atoms with van der Waals surface area (Å²) in [6.45, 7) is 2.65. The Morgan fingerprint density at radius 3 is 2.42 bits per heavy atom. The van der Waals surface area contributed by atoms with Crippen molar-refractivity contribution in [2.75, 3.05) is 18.7 Å². The molecule has 2 N–H and O–H groups in total. The van der Waals surface area contributed by atoms with Gasteiger partial charge in [0.05, 0.1) is 16.8 Å². The van der Waals surface area contributed by atoms with Crippen LogP contribution in [0.3, 0.4) is 0 Å². The Kier molecular flexibility index (Phi) is 7.08. The number of rotatable bonds is 7. The number of carbonyl (C=O) groups is 1. The lowest BCUT2D eigenvalue weighted by atomic mass is 10.0. The number of nitrogens with zero attached hydrogens (tertiary/aromatic N) is 2. The van der Waals surface area contributed by atoms with Crippen LogP contribution in [0.2, 0.25) is 0 Å². The van der Waals surface area contributed by atoms with E-state index in [0.717, 1.165) is 19.8 Å². The van der Waals surface area contributed by atoms with Gasteiger partial charge in [0.1, 0.15) is 5.56 Å². The number of ether oxygens (including phenoxy) is 2. The van der Waals surface area contributed by atoms with Crippen LogP contribution in [0.25, 0.3) is 0 Å². The van der Waals surface area contributed by atoms with E-state index in [2.05, 4.69) is 15.5 Å². The van der Waals surface area contributed by atoms with Crippen molar-refractivity contribution in [1.82, 2.24) is 10.2 Å². The predicted molar refractivity (Wildman–Crippen MR) is 131 cm³/mol. The summed E-state index contributed by atoms with van der Waals surface area (Å²) in [5.74, 6) is -2.66. The summed E-state index contributed by atoms with van der Waals surface area (Å²) in [7, 11) is -1.90. The molecular formula is C25H24F4N4O4S. The fraction of sp³-hybridized carbons (Fsp3) is 0.320. The van der Waals surface area contributed by atoms with Crippen molar-refractivity contribution >= 4 is 21.3 Å². The van der Waals surface area contributed by atoms with Gasteiger partial charge < -0.3 is 14.8 Å². The maximum absolute atomic E-state index is 15.2. The Balaban J connectivity index is 1.81. The van der Waals surface area contributed by atoms with Gasteiger partial charge in [0.2, 0.25) is 0 Å². The molecule has 1 aliphatic rings. The Bertz CT molecular complexity index is 1540. The van der Waals surface area contributed by atoms with Crippen molar-refractivity contribution in [3.63, 3.8) is 0 Å². The van der Waals surface area contributed by atoms with Gasteiger partial charge in [-0.15, -0.1) is 10.2 Å². The number of aromatic nitrogens is 2. The van der Waals surface area contributed by atoms with E-state index in [1.807, 2.05) is 0 Å². The van der Waals surface area contributed by atoms with E-state index in [9.17, 15) is 22.2 Å². The highest BCUT2D eigenvalue weighted by Gasteiger charge is 2.39. The minimum atomic E-state index is -4.92. The topological polar surface area (TPSA) is 114 Å². The lowest BCUT2D eigenvalue weighted by Crippen LogP contribution is -2.21. The molecule has 1 aromatic heterocycles. The number of amides is 1. The van der Waals surface area contributed by atoms with E-state index in [4.69, 9.17) is 14.3 Å². The molecule has 0 saturated heterocycles. The number of anilines is 1. The molecule has 0 bridgehead atoms. The first-order valence-corrected chi connectivity index (χ1v) is 13.3. The number of benzene rings is 2. The van der Waals surface area contributed by atoms with Gasteiger partial charge >= 0.3 is 6.18 Å². The van der Waals surface area contributed by atoms with E-state index in [1.54, 1.807) is 13.0 Å². The van der Waals surface area contributed by atoms with Gasteiger partial charge in [-0.2, -0.15) is 13.2 Å². The monoisotopic (exact) mass is 552 g/mol. The van der Waals surface area contributed by atoms with Gasteiger partial charge in [-0.25, -0.2) is 13.4 Å². The van der Waals surface area contributed by atoms with Gasteiger partial charge in [-0.3, -0.25) is 4.79 Å². The maximum Gasteiger partial charge on any atom is 0.435 e. The number of alkyl halides is 3. The van der Waals surface area contributed by atoms with Crippen molar-refractivity contribution in [3.05, 3.63) is 64.1 Å². The first-order chi connectivity index (χ1) is 17.7. The van der Waals surface area contributed by atoms with E-state index >= 15 is 4.39 Å². The summed E-state index contributed by atoms with van der Waals surface area (Å²) in [6.07, 6.45) is -2.09. The zero-order valence-electron chi connectivity index (χ0n) is 20.8. The zero-order valence-corrected chi connectivity index (χ0v) is 21.6. The Labute approximate surface area is 216 Å². The molecule has 202 valence electrons.